The Hall–Kier alpha value is -2.47. The number of ether oxygens (including phenoxy) is 1. The number of benzene rings is 2. The van der Waals surface area contributed by atoms with Crippen LogP contribution in [0.3, 0.4) is 0 Å². The molecule has 0 radical (unpaired) electrons. The van der Waals surface area contributed by atoms with Crippen molar-refractivity contribution in [1.82, 2.24) is 9.80 Å². The van der Waals surface area contributed by atoms with Crippen molar-refractivity contribution < 1.29 is 18.3 Å². The molecule has 1 amide bonds. The zero-order chi connectivity index (χ0) is 21.5. The molecular weight excluding hydrogens is 398 g/mol. The second-order valence-corrected chi connectivity index (χ2v) is 9.12. The van der Waals surface area contributed by atoms with Crippen LogP contribution in [0, 0.1) is 23.5 Å². The van der Waals surface area contributed by atoms with Crippen molar-refractivity contribution in [2.75, 3.05) is 26.7 Å². The van der Waals surface area contributed by atoms with Crippen LogP contribution in [0.2, 0.25) is 0 Å². The summed E-state index contributed by atoms with van der Waals surface area (Å²) in [5.74, 6) is 0.224. The molecule has 0 N–H and O–H groups in total. The van der Waals surface area contributed by atoms with Crippen LogP contribution >= 0.6 is 0 Å². The Kier molecular flexibility index (Phi) is 5.42. The van der Waals surface area contributed by atoms with Gasteiger partial charge in [-0.15, -0.1) is 0 Å². The van der Waals surface area contributed by atoms with Crippen LogP contribution in [0.4, 0.5) is 8.78 Å². The molecule has 1 saturated carbocycles. The molecule has 2 saturated heterocycles. The van der Waals surface area contributed by atoms with Gasteiger partial charge in [0.25, 0.3) is 0 Å². The van der Waals surface area contributed by atoms with Crippen molar-refractivity contribution in [3.8, 4) is 5.75 Å². The summed E-state index contributed by atoms with van der Waals surface area (Å²) in [5.41, 5.74) is 1.57. The summed E-state index contributed by atoms with van der Waals surface area (Å²) >= 11 is 0. The molecule has 0 spiro atoms. The lowest BCUT2D eigenvalue weighted by Gasteiger charge is -2.39. The Morgan fingerprint density at radius 2 is 1.90 bits per heavy atom. The highest BCUT2D eigenvalue weighted by Crippen LogP contribution is 2.45. The van der Waals surface area contributed by atoms with Gasteiger partial charge in [-0.1, -0.05) is 24.3 Å². The van der Waals surface area contributed by atoms with E-state index in [-0.39, 0.29) is 23.8 Å². The van der Waals surface area contributed by atoms with Gasteiger partial charge in [0.2, 0.25) is 5.91 Å². The van der Waals surface area contributed by atoms with Gasteiger partial charge in [0.15, 0.2) is 11.6 Å². The van der Waals surface area contributed by atoms with Crippen LogP contribution in [0.5, 0.6) is 5.75 Å². The molecule has 0 aromatic heterocycles. The maximum Gasteiger partial charge on any atom is 0.225 e. The second-order valence-electron chi connectivity index (χ2n) is 9.12. The number of methoxy groups -OCH3 is 1. The van der Waals surface area contributed by atoms with Crippen LogP contribution in [0.1, 0.15) is 36.3 Å². The van der Waals surface area contributed by atoms with E-state index in [1.807, 2.05) is 12.1 Å². The molecule has 1 aliphatic carbocycles. The lowest BCUT2D eigenvalue weighted by atomic mass is 9.81. The van der Waals surface area contributed by atoms with Gasteiger partial charge >= 0.3 is 0 Å². The van der Waals surface area contributed by atoms with Gasteiger partial charge in [-0.3, -0.25) is 9.69 Å². The van der Waals surface area contributed by atoms with Crippen molar-refractivity contribution in [3.63, 3.8) is 0 Å². The molecular formula is C25H28F2N2O2. The van der Waals surface area contributed by atoms with Gasteiger partial charge in [-0.2, -0.15) is 0 Å². The summed E-state index contributed by atoms with van der Waals surface area (Å²) < 4.78 is 33.3. The van der Waals surface area contributed by atoms with Gasteiger partial charge in [0, 0.05) is 55.5 Å². The Bertz CT molecular complexity index is 978. The fourth-order valence-electron chi connectivity index (χ4n) is 5.40. The second kappa shape index (κ2) is 8.23. The van der Waals surface area contributed by atoms with E-state index < -0.39 is 11.6 Å². The molecule has 31 heavy (non-hydrogen) atoms. The van der Waals surface area contributed by atoms with Crippen molar-refractivity contribution in [3.05, 3.63) is 65.2 Å². The monoisotopic (exact) mass is 426 g/mol. The van der Waals surface area contributed by atoms with Gasteiger partial charge < -0.3 is 9.64 Å². The molecule has 2 heterocycles. The molecule has 6 heteroatoms. The lowest BCUT2D eigenvalue weighted by Crippen LogP contribution is -2.48. The third-order valence-corrected chi connectivity index (χ3v) is 7.17. The minimum absolute atomic E-state index is 0.198. The molecule has 164 valence electrons. The molecule has 0 bridgehead atoms. The van der Waals surface area contributed by atoms with E-state index in [4.69, 9.17) is 4.74 Å². The van der Waals surface area contributed by atoms with Crippen molar-refractivity contribution in [2.24, 2.45) is 11.8 Å². The third-order valence-electron chi connectivity index (χ3n) is 7.17. The highest BCUT2D eigenvalue weighted by molar-refractivity contribution is 5.82. The van der Waals surface area contributed by atoms with Gasteiger partial charge in [0.1, 0.15) is 5.75 Å². The normalized spacial score (nSPS) is 26.0. The standard InChI is InChI=1S/C25H28F2N2O2/c1-31-19-6-2-4-17(12-19)20-15-29(25(30)16-8-9-16)23-10-11-28(14-21(20)23)13-18-5-3-7-22(26)24(18)27/h2-7,12,16,20-21,23H,8-11,13-15H2,1H3/t20-,21-,23-/m0/s1. The van der Waals surface area contributed by atoms with Gasteiger partial charge in [-0.05, 0) is 43.0 Å². The molecule has 2 aliphatic heterocycles. The largest absolute Gasteiger partial charge is 0.497 e. The zero-order valence-electron chi connectivity index (χ0n) is 17.8. The van der Waals surface area contributed by atoms with E-state index in [1.54, 1.807) is 19.2 Å². The van der Waals surface area contributed by atoms with E-state index in [2.05, 4.69) is 21.9 Å². The number of rotatable bonds is 5. The van der Waals surface area contributed by atoms with E-state index in [0.29, 0.717) is 18.0 Å². The quantitative estimate of drug-likeness (QED) is 0.719. The maximum absolute atomic E-state index is 14.2. The Morgan fingerprint density at radius 1 is 1.10 bits per heavy atom. The number of hydrogen-bond acceptors (Lipinski definition) is 3. The first-order chi connectivity index (χ1) is 15.0. The first kappa shape index (κ1) is 20.4. The number of amides is 1. The van der Waals surface area contributed by atoms with E-state index in [9.17, 15) is 13.6 Å². The molecule has 2 aromatic carbocycles. The van der Waals surface area contributed by atoms with E-state index in [1.165, 1.54) is 5.56 Å². The zero-order valence-corrected chi connectivity index (χ0v) is 17.8. The van der Waals surface area contributed by atoms with E-state index in [0.717, 1.165) is 50.7 Å². The number of piperidine rings is 1. The summed E-state index contributed by atoms with van der Waals surface area (Å²) in [6.45, 7) is 2.64. The number of halogens is 2. The number of nitrogens with zero attached hydrogens (tertiary/aromatic N) is 2. The van der Waals surface area contributed by atoms with Gasteiger partial charge in [-0.25, -0.2) is 8.78 Å². The van der Waals surface area contributed by atoms with Crippen LogP contribution in [0.15, 0.2) is 42.5 Å². The molecule has 3 atom stereocenters. The highest BCUT2D eigenvalue weighted by atomic mass is 19.2. The summed E-state index contributed by atoms with van der Waals surface area (Å²) in [5, 5.41) is 0. The van der Waals surface area contributed by atoms with Crippen LogP contribution in [-0.2, 0) is 11.3 Å². The molecule has 5 rings (SSSR count). The number of carbonyl (C=O) groups is 1. The lowest BCUT2D eigenvalue weighted by molar-refractivity contribution is -0.134. The van der Waals surface area contributed by atoms with Crippen molar-refractivity contribution in [1.29, 1.82) is 0 Å². The Labute approximate surface area is 181 Å². The van der Waals surface area contributed by atoms with Crippen molar-refractivity contribution >= 4 is 5.91 Å². The Morgan fingerprint density at radius 3 is 2.68 bits per heavy atom. The number of fused-ring (bicyclic) bond motifs is 1. The predicted octanol–water partition coefficient (Wildman–Crippen LogP) is 4.20. The molecule has 2 aromatic rings. The summed E-state index contributed by atoms with van der Waals surface area (Å²) in [7, 11) is 1.66. The smallest absolute Gasteiger partial charge is 0.225 e. The van der Waals surface area contributed by atoms with E-state index >= 15 is 0 Å². The first-order valence-electron chi connectivity index (χ1n) is 11.1. The first-order valence-corrected chi connectivity index (χ1v) is 11.1. The number of carbonyl (C=O) groups excluding carboxylic acids is 1. The Balaban J connectivity index is 1.40. The average molecular weight is 427 g/mol. The molecule has 3 aliphatic rings. The fourth-order valence-corrected chi connectivity index (χ4v) is 5.40. The topological polar surface area (TPSA) is 32.8 Å². The van der Waals surface area contributed by atoms with Crippen molar-refractivity contribution in [2.45, 2.75) is 37.8 Å². The highest BCUT2D eigenvalue weighted by Gasteiger charge is 2.49. The summed E-state index contributed by atoms with van der Waals surface area (Å²) in [6.07, 6.45) is 2.86. The molecule has 3 fully saturated rings. The molecule has 4 nitrogen and oxygen atoms in total. The summed E-state index contributed by atoms with van der Waals surface area (Å²) in [4.78, 5) is 17.3. The maximum atomic E-state index is 14.2. The summed E-state index contributed by atoms with van der Waals surface area (Å²) in [6, 6.07) is 12.7. The van der Waals surface area contributed by atoms with Crippen LogP contribution in [-0.4, -0.2) is 48.5 Å². The van der Waals surface area contributed by atoms with Crippen LogP contribution in [0.25, 0.3) is 0 Å². The molecule has 0 unspecified atom stereocenters. The SMILES string of the molecule is COc1cccc([C@@H]2CN(C(=O)C3CC3)[C@H]3CCN(Cc4cccc(F)c4F)C[C@@H]23)c1. The predicted molar refractivity (Wildman–Crippen MR) is 114 cm³/mol. The number of hydrogen-bond donors (Lipinski definition) is 0. The average Bonchev–Trinajstić information content (AvgIpc) is 3.57. The van der Waals surface area contributed by atoms with Gasteiger partial charge in [0.05, 0.1) is 7.11 Å². The van der Waals surface area contributed by atoms with Crippen LogP contribution < -0.4 is 4.74 Å². The fraction of sp³-hybridized carbons (Fsp3) is 0.480. The minimum atomic E-state index is -0.802. The minimum Gasteiger partial charge on any atom is -0.497 e. The number of likely N-dealkylation sites (tertiary alicyclic amines) is 2. The third kappa shape index (κ3) is 3.93.